The Balaban J connectivity index is 3.47. The number of carbonyl (C=O) groups is 4. The molecule has 0 spiro atoms. The fourth-order valence-corrected chi connectivity index (χ4v) is 1.47. The molecule has 0 atom stereocenters. The number of carboxylic acid groups (broad SMARTS) is 1. The van der Waals surface area contributed by atoms with Gasteiger partial charge in [0.2, 0.25) is 0 Å². The van der Waals surface area contributed by atoms with Crippen LogP contribution in [0.1, 0.15) is 31.1 Å². The number of benzene rings is 1. The molecule has 1 aromatic carbocycles. The summed E-state index contributed by atoms with van der Waals surface area (Å²) < 4.78 is 14.3. The lowest BCUT2D eigenvalue weighted by molar-refractivity contribution is -0.132. The molecule has 0 saturated carbocycles. The predicted octanol–water partition coefficient (Wildman–Crippen LogP) is 1.16. The van der Waals surface area contributed by atoms with Gasteiger partial charge in [0.15, 0.2) is 11.5 Å². The largest absolute Gasteiger partial charge is 0.477 e. The van der Waals surface area contributed by atoms with Crippen molar-refractivity contribution in [2.45, 2.75) is 20.8 Å². The summed E-state index contributed by atoms with van der Waals surface area (Å²) in [5.41, 5.74) is -0.531. The maximum absolute atomic E-state index is 11.2. The molecule has 0 radical (unpaired) electrons. The monoisotopic (exact) mass is 296 g/mol. The van der Waals surface area contributed by atoms with Crippen molar-refractivity contribution in [1.29, 1.82) is 0 Å². The second-order valence-electron chi connectivity index (χ2n) is 3.88. The van der Waals surface area contributed by atoms with Crippen LogP contribution in [-0.2, 0) is 14.4 Å². The molecule has 0 bridgehead atoms. The van der Waals surface area contributed by atoms with Gasteiger partial charge in [-0.3, -0.25) is 14.4 Å². The number of hydrogen-bond donors (Lipinski definition) is 1. The Morgan fingerprint density at radius 1 is 0.810 bits per heavy atom. The van der Waals surface area contributed by atoms with Crippen LogP contribution in [0.25, 0.3) is 0 Å². The van der Waals surface area contributed by atoms with E-state index in [1.54, 1.807) is 0 Å². The molecule has 1 N–H and O–H groups in total. The van der Waals surface area contributed by atoms with E-state index in [0.29, 0.717) is 0 Å². The molecule has 0 aliphatic rings. The van der Waals surface area contributed by atoms with Crippen LogP contribution < -0.4 is 14.2 Å². The van der Waals surface area contributed by atoms with Crippen molar-refractivity contribution < 1.29 is 38.5 Å². The standard InChI is InChI=1S/C13H12O8/c1-6(14)19-9-4-10(20-7(2)15)12(13(17)18)11(5-9)21-8(3)16/h4-5H,1-3H3,(H,17,18). The van der Waals surface area contributed by atoms with Crippen molar-refractivity contribution in [3.05, 3.63) is 17.7 Å². The SMILES string of the molecule is CC(=O)Oc1cc(OC(C)=O)c(C(=O)O)c(OC(C)=O)c1. The first-order chi connectivity index (χ1) is 9.70. The molecule has 0 aliphatic heterocycles. The van der Waals surface area contributed by atoms with E-state index in [0.717, 1.165) is 32.9 Å². The predicted molar refractivity (Wildman–Crippen MR) is 67.3 cm³/mol. The van der Waals surface area contributed by atoms with Gasteiger partial charge in [-0.05, 0) is 0 Å². The molecular weight excluding hydrogens is 284 g/mol. The topological polar surface area (TPSA) is 116 Å². The van der Waals surface area contributed by atoms with Gasteiger partial charge in [-0.1, -0.05) is 0 Å². The minimum absolute atomic E-state index is 0.125. The van der Waals surface area contributed by atoms with Crippen molar-refractivity contribution in [1.82, 2.24) is 0 Å². The van der Waals surface area contributed by atoms with Crippen molar-refractivity contribution in [2.75, 3.05) is 0 Å². The van der Waals surface area contributed by atoms with Gasteiger partial charge in [0.05, 0.1) is 0 Å². The molecule has 0 aromatic heterocycles. The molecule has 0 fully saturated rings. The quantitative estimate of drug-likeness (QED) is 0.650. The summed E-state index contributed by atoms with van der Waals surface area (Å²) >= 11 is 0. The first-order valence-electron chi connectivity index (χ1n) is 5.67. The van der Waals surface area contributed by atoms with E-state index in [-0.39, 0.29) is 5.75 Å². The molecule has 1 aromatic rings. The highest BCUT2D eigenvalue weighted by Crippen LogP contribution is 2.34. The van der Waals surface area contributed by atoms with E-state index >= 15 is 0 Å². The number of rotatable bonds is 4. The Bertz CT molecular complexity index is 580. The Morgan fingerprint density at radius 2 is 1.19 bits per heavy atom. The Morgan fingerprint density at radius 3 is 1.48 bits per heavy atom. The number of ether oxygens (including phenoxy) is 3. The maximum atomic E-state index is 11.2. The van der Waals surface area contributed by atoms with E-state index in [2.05, 4.69) is 0 Å². The van der Waals surface area contributed by atoms with E-state index in [9.17, 15) is 19.2 Å². The molecule has 0 aliphatic carbocycles. The van der Waals surface area contributed by atoms with Crippen LogP contribution in [0, 0.1) is 0 Å². The molecule has 1 rings (SSSR count). The number of esters is 3. The zero-order chi connectivity index (χ0) is 16.2. The Labute approximate surface area is 119 Å². The smallest absolute Gasteiger partial charge is 0.343 e. The molecule has 8 nitrogen and oxygen atoms in total. The highest BCUT2D eigenvalue weighted by atomic mass is 16.6. The van der Waals surface area contributed by atoms with E-state index in [1.807, 2.05) is 0 Å². The zero-order valence-corrected chi connectivity index (χ0v) is 11.5. The summed E-state index contributed by atoms with van der Waals surface area (Å²) in [4.78, 5) is 44.2. The first-order valence-corrected chi connectivity index (χ1v) is 5.67. The minimum atomic E-state index is -1.48. The molecule has 0 amide bonds. The van der Waals surface area contributed by atoms with Crippen molar-refractivity contribution in [3.63, 3.8) is 0 Å². The van der Waals surface area contributed by atoms with Crippen LogP contribution in [0.3, 0.4) is 0 Å². The normalized spacial score (nSPS) is 9.67. The van der Waals surface area contributed by atoms with E-state index in [1.165, 1.54) is 0 Å². The van der Waals surface area contributed by atoms with Gasteiger partial charge in [0, 0.05) is 32.9 Å². The number of carboxylic acids is 1. The Hall–Kier alpha value is -2.90. The van der Waals surface area contributed by atoms with Gasteiger partial charge in [-0.15, -0.1) is 0 Å². The van der Waals surface area contributed by atoms with E-state index in [4.69, 9.17) is 19.3 Å². The molecular formula is C13H12O8. The zero-order valence-electron chi connectivity index (χ0n) is 11.5. The van der Waals surface area contributed by atoms with Crippen molar-refractivity contribution in [3.8, 4) is 17.2 Å². The fourth-order valence-electron chi connectivity index (χ4n) is 1.47. The average Bonchev–Trinajstić information content (AvgIpc) is 2.24. The summed E-state index contributed by atoms with van der Waals surface area (Å²) in [6.07, 6.45) is 0. The third kappa shape index (κ3) is 4.60. The lowest BCUT2D eigenvalue weighted by Crippen LogP contribution is -2.12. The summed E-state index contributed by atoms with van der Waals surface area (Å²) in [6, 6.07) is 2.08. The van der Waals surface area contributed by atoms with Gasteiger partial charge in [0.25, 0.3) is 0 Å². The van der Waals surface area contributed by atoms with Gasteiger partial charge >= 0.3 is 23.9 Å². The number of aromatic carboxylic acids is 1. The lowest BCUT2D eigenvalue weighted by atomic mass is 10.1. The second-order valence-corrected chi connectivity index (χ2v) is 3.88. The van der Waals surface area contributed by atoms with Crippen LogP contribution >= 0.6 is 0 Å². The maximum Gasteiger partial charge on any atom is 0.343 e. The van der Waals surface area contributed by atoms with Crippen LogP contribution in [-0.4, -0.2) is 29.0 Å². The molecule has 0 unspecified atom stereocenters. The van der Waals surface area contributed by atoms with Gasteiger partial charge in [-0.2, -0.15) is 0 Å². The summed E-state index contributed by atoms with van der Waals surface area (Å²) in [5.74, 6) is -4.65. The first kappa shape index (κ1) is 16.2. The van der Waals surface area contributed by atoms with Gasteiger partial charge < -0.3 is 19.3 Å². The van der Waals surface area contributed by atoms with E-state index < -0.39 is 40.9 Å². The van der Waals surface area contributed by atoms with Gasteiger partial charge in [0.1, 0.15) is 11.3 Å². The minimum Gasteiger partial charge on any atom is -0.477 e. The fraction of sp³-hybridized carbons (Fsp3) is 0.231. The van der Waals surface area contributed by atoms with Crippen molar-refractivity contribution >= 4 is 23.9 Å². The average molecular weight is 296 g/mol. The summed E-state index contributed by atoms with van der Waals surface area (Å²) in [5, 5.41) is 9.15. The summed E-state index contributed by atoms with van der Waals surface area (Å²) in [6.45, 7) is 3.26. The second kappa shape index (κ2) is 6.51. The van der Waals surface area contributed by atoms with Crippen molar-refractivity contribution in [2.24, 2.45) is 0 Å². The van der Waals surface area contributed by atoms with Crippen LogP contribution in [0.4, 0.5) is 0 Å². The molecule has 112 valence electrons. The lowest BCUT2D eigenvalue weighted by Gasteiger charge is -2.12. The Kier molecular flexibility index (Phi) is 5.01. The van der Waals surface area contributed by atoms with Crippen LogP contribution in [0.15, 0.2) is 12.1 Å². The highest BCUT2D eigenvalue weighted by molar-refractivity contribution is 5.96. The highest BCUT2D eigenvalue weighted by Gasteiger charge is 2.23. The van der Waals surface area contributed by atoms with Crippen LogP contribution in [0.5, 0.6) is 17.2 Å². The molecule has 0 heterocycles. The molecule has 8 heteroatoms. The summed E-state index contributed by atoms with van der Waals surface area (Å²) in [7, 11) is 0. The van der Waals surface area contributed by atoms with Crippen LogP contribution in [0.2, 0.25) is 0 Å². The number of carbonyl (C=O) groups excluding carboxylic acids is 3. The molecule has 21 heavy (non-hydrogen) atoms. The third-order valence-electron chi connectivity index (χ3n) is 2.02. The van der Waals surface area contributed by atoms with Gasteiger partial charge in [-0.25, -0.2) is 4.79 Å². The molecule has 0 saturated heterocycles. The number of hydrogen-bond acceptors (Lipinski definition) is 7. The third-order valence-corrected chi connectivity index (χ3v) is 2.02.